The van der Waals surface area contributed by atoms with Crippen LogP contribution in [0.15, 0.2) is 0 Å². The van der Waals surface area contributed by atoms with Crippen molar-refractivity contribution in [3.63, 3.8) is 0 Å². The standard InChI is InChI=1S/C12H23N5O/c1-4-7-17(8-5-2)11-14-10(13)15-12(16-11)18-9-6-3/h4-9H2,1-3H3,(H2,13,14,15,16). The SMILES string of the molecule is CCCOc1nc(N)nc(N(CCC)CCC)n1. The molecule has 0 saturated carbocycles. The van der Waals surface area contributed by atoms with E-state index in [1.807, 2.05) is 6.92 Å². The molecule has 0 saturated heterocycles. The minimum Gasteiger partial charge on any atom is -0.463 e. The van der Waals surface area contributed by atoms with E-state index < -0.39 is 0 Å². The topological polar surface area (TPSA) is 77.2 Å². The Morgan fingerprint density at radius 3 is 2.22 bits per heavy atom. The zero-order valence-electron chi connectivity index (χ0n) is 11.5. The minimum absolute atomic E-state index is 0.211. The lowest BCUT2D eigenvalue weighted by Gasteiger charge is -2.21. The number of aromatic nitrogens is 3. The molecule has 0 aliphatic carbocycles. The number of ether oxygens (including phenoxy) is 1. The summed E-state index contributed by atoms with van der Waals surface area (Å²) in [6.45, 7) is 8.69. The normalized spacial score (nSPS) is 10.4. The zero-order chi connectivity index (χ0) is 13.4. The van der Waals surface area contributed by atoms with Crippen molar-refractivity contribution in [2.24, 2.45) is 0 Å². The number of hydrogen-bond acceptors (Lipinski definition) is 6. The van der Waals surface area contributed by atoms with Gasteiger partial charge in [0.2, 0.25) is 11.9 Å². The van der Waals surface area contributed by atoms with Crippen LogP contribution in [0.3, 0.4) is 0 Å². The quantitative estimate of drug-likeness (QED) is 0.762. The van der Waals surface area contributed by atoms with Crippen molar-refractivity contribution in [3.05, 3.63) is 0 Å². The predicted octanol–water partition coefficient (Wildman–Crippen LogP) is 1.87. The first-order chi connectivity index (χ1) is 8.71. The van der Waals surface area contributed by atoms with Crippen molar-refractivity contribution >= 4 is 11.9 Å². The third-order valence-electron chi connectivity index (χ3n) is 2.33. The van der Waals surface area contributed by atoms with Gasteiger partial charge >= 0.3 is 6.01 Å². The molecule has 0 amide bonds. The maximum atomic E-state index is 5.69. The highest BCUT2D eigenvalue weighted by atomic mass is 16.5. The Bertz CT molecular complexity index is 352. The molecule has 0 aliphatic heterocycles. The van der Waals surface area contributed by atoms with Gasteiger partial charge < -0.3 is 15.4 Å². The molecule has 1 aromatic heterocycles. The summed E-state index contributed by atoms with van der Waals surface area (Å²) in [4.78, 5) is 14.6. The highest BCUT2D eigenvalue weighted by Gasteiger charge is 2.11. The Labute approximate surface area is 109 Å². The summed E-state index contributed by atoms with van der Waals surface area (Å²) in [6, 6.07) is 0.316. The molecule has 1 aromatic rings. The van der Waals surface area contributed by atoms with Crippen molar-refractivity contribution in [2.45, 2.75) is 40.0 Å². The van der Waals surface area contributed by atoms with Crippen LogP contribution < -0.4 is 15.4 Å². The number of rotatable bonds is 8. The van der Waals surface area contributed by atoms with Crippen LogP contribution in [0.2, 0.25) is 0 Å². The van der Waals surface area contributed by atoms with Crippen LogP contribution in [0.5, 0.6) is 6.01 Å². The summed E-state index contributed by atoms with van der Waals surface area (Å²) < 4.78 is 5.41. The molecule has 0 atom stereocenters. The Morgan fingerprint density at radius 1 is 1.00 bits per heavy atom. The molecule has 0 aromatic carbocycles. The average Bonchev–Trinajstić information content (AvgIpc) is 2.35. The van der Waals surface area contributed by atoms with E-state index in [2.05, 4.69) is 33.7 Å². The maximum absolute atomic E-state index is 5.69. The van der Waals surface area contributed by atoms with Gasteiger partial charge in [-0.1, -0.05) is 20.8 Å². The molecule has 0 radical (unpaired) electrons. The van der Waals surface area contributed by atoms with Crippen molar-refractivity contribution < 1.29 is 4.74 Å². The van der Waals surface area contributed by atoms with Crippen LogP contribution in [0.4, 0.5) is 11.9 Å². The smallest absolute Gasteiger partial charge is 0.323 e. The van der Waals surface area contributed by atoms with Crippen LogP contribution in [0, 0.1) is 0 Å². The fraction of sp³-hybridized carbons (Fsp3) is 0.750. The number of nitrogens with two attached hydrogens (primary N) is 1. The Hall–Kier alpha value is -1.59. The zero-order valence-corrected chi connectivity index (χ0v) is 11.5. The number of nitrogens with zero attached hydrogens (tertiary/aromatic N) is 4. The van der Waals surface area contributed by atoms with Crippen LogP contribution in [0.25, 0.3) is 0 Å². The number of hydrogen-bond donors (Lipinski definition) is 1. The summed E-state index contributed by atoms with van der Waals surface area (Å²) in [7, 11) is 0. The second kappa shape index (κ2) is 7.68. The third-order valence-corrected chi connectivity index (χ3v) is 2.33. The van der Waals surface area contributed by atoms with E-state index in [4.69, 9.17) is 10.5 Å². The molecule has 6 nitrogen and oxygen atoms in total. The summed E-state index contributed by atoms with van der Waals surface area (Å²) in [5.74, 6) is 0.820. The van der Waals surface area contributed by atoms with E-state index in [1.165, 1.54) is 0 Å². The Morgan fingerprint density at radius 2 is 1.67 bits per heavy atom. The van der Waals surface area contributed by atoms with E-state index in [1.54, 1.807) is 0 Å². The summed E-state index contributed by atoms with van der Waals surface area (Å²) >= 11 is 0. The van der Waals surface area contributed by atoms with Crippen molar-refractivity contribution in [1.82, 2.24) is 15.0 Å². The fourth-order valence-corrected chi connectivity index (χ4v) is 1.61. The molecular formula is C12H23N5O. The minimum atomic E-state index is 0.211. The molecular weight excluding hydrogens is 230 g/mol. The maximum Gasteiger partial charge on any atom is 0.323 e. The first kappa shape index (κ1) is 14.5. The molecule has 1 rings (SSSR count). The van der Waals surface area contributed by atoms with Gasteiger partial charge in [-0.2, -0.15) is 15.0 Å². The van der Waals surface area contributed by atoms with Gasteiger partial charge in [0.1, 0.15) is 0 Å². The molecule has 102 valence electrons. The van der Waals surface area contributed by atoms with Gasteiger partial charge in [-0.3, -0.25) is 0 Å². The lowest BCUT2D eigenvalue weighted by atomic mass is 10.4. The van der Waals surface area contributed by atoms with Gasteiger partial charge in [-0.05, 0) is 19.3 Å². The molecule has 18 heavy (non-hydrogen) atoms. The van der Waals surface area contributed by atoms with Gasteiger partial charge in [0, 0.05) is 13.1 Å². The Kier molecular flexibility index (Phi) is 6.18. The van der Waals surface area contributed by atoms with E-state index >= 15 is 0 Å². The molecule has 0 unspecified atom stereocenters. The van der Waals surface area contributed by atoms with Gasteiger partial charge in [0.05, 0.1) is 6.61 Å². The monoisotopic (exact) mass is 253 g/mol. The van der Waals surface area contributed by atoms with Crippen LogP contribution in [-0.2, 0) is 0 Å². The van der Waals surface area contributed by atoms with Crippen LogP contribution in [0.1, 0.15) is 40.0 Å². The van der Waals surface area contributed by atoms with Gasteiger partial charge in [0.15, 0.2) is 0 Å². The van der Waals surface area contributed by atoms with Crippen molar-refractivity contribution in [3.8, 4) is 6.01 Å². The molecule has 6 heteroatoms. The molecule has 0 fully saturated rings. The summed E-state index contributed by atoms with van der Waals surface area (Å²) in [6.07, 6.45) is 2.99. The third kappa shape index (κ3) is 4.35. The molecule has 0 spiro atoms. The first-order valence-corrected chi connectivity index (χ1v) is 6.60. The second-order valence-corrected chi connectivity index (χ2v) is 4.11. The predicted molar refractivity (Wildman–Crippen MR) is 72.8 cm³/mol. The average molecular weight is 253 g/mol. The summed E-state index contributed by atoms with van der Waals surface area (Å²) in [5, 5.41) is 0. The lowest BCUT2D eigenvalue weighted by molar-refractivity contribution is 0.292. The van der Waals surface area contributed by atoms with Crippen molar-refractivity contribution in [2.75, 3.05) is 30.3 Å². The Balaban J connectivity index is 2.87. The molecule has 0 aliphatic rings. The van der Waals surface area contributed by atoms with Gasteiger partial charge in [-0.25, -0.2) is 0 Å². The van der Waals surface area contributed by atoms with Crippen molar-refractivity contribution in [1.29, 1.82) is 0 Å². The molecule has 0 bridgehead atoms. The summed E-state index contributed by atoms with van der Waals surface area (Å²) in [5.41, 5.74) is 5.69. The van der Waals surface area contributed by atoms with E-state index in [9.17, 15) is 0 Å². The van der Waals surface area contributed by atoms with E-state index in [0.717, 1.165) is 32.4 Å². The second-order valence-electron chi connectivity index (χ2n) is 4.11. The lowest BCUT2D eigenvalue weighted by Crippen LogP contribution is -2.27. The van der Waals surface area contributed by atoms with E-state index in [-0.39, 0.29) is 5.95 Å². The van der Waals surface area contributed by atoms with Gasteiger partial charge in [-0.15, -0.1) is 0 Å². The van der Waals surface area contributed by atoms with E-state index in [0.29, 0.717) is 18.6 Å². The van der Waals surface area contributed by atoms with Crippen LogP contribution in [-0.4, -0.2) is 34.6 Å². The van der Waals surface area contributed by atoms with Crippen LogP contribution >= 0.6 is 0 Å². The number of nitrogen functional groups attached to an aromatic ring is 1. The molecule has 1 heterocycles. The highest BCUT2D eigenvalue weighted by molar-refractivity contribution is 5.35. The fourth-order valence-electron chi connectivity index (χ4n) is 1.61. The number of anilines is 2. The first-order valence-electron chi connectivity index (χ1n) is 6.60. The molecule has 2 N–H and O–H groups in total. The largest absolute Gasteiger partial charge is 0.463 e. The highest BCUT2D eigenvalue weighted by Crippen LogP contribution is 2.14. The van der Waals surface area contributed by atoms with Gasteiger partial charge in [0.25, 0.3) is 0 Å².